The van der Waals surface area contributed by atoms with Crippen LogP contribution in [0.2, 0.25) is 0 Å². The van der Waals surface area contributed by atoms with Crippen molar-refractivity contribution < 1.29 is 5.11 Å². The van der Waals surface area contributed by atoms with Crippen molar-refractivity contribution in [3.63, 3.8) is 0 Å². The zero-order valence-electron chi connectivity index (χ0n) is 17.8. The van der Waals surface area contributed by atoms with Gasteiger partial charge in [-0.2, -0.15) is 0 Å². The molecule has 2 heterocycles. The SMILES string of the molecule is CCCn1c2ccccc2c2nc3ccccc3c(NCCC3CCC(O)CC3)c21. The van der Waals surface area contributed by atoms with Crippen molar-refractivity contribution in [1.82, 2.24) is 9.55 Å². The fourth-order valence-corrected chi connectivity index (χ4v) is 5.15. The number of hydrogen-bond donors (Lipinski definition) is 2. The van der Waals surface area contributed by atoms with Crippen molar-refractivity contribution in [2.75, 3.05) is 11.9 Å². The Balaban J connectivity index is 1.59. The summed E-state index contributed by atoms with van der Waals surface area (Å²) >= 11 is 0. The largest absolute Gasteiger partial charge is 0.393 e. The van der Waals surface area contributed by atoms with Gasteiger partial charge in [0.15, 0.2) is 0 Å². The Labute approximate surface area is 177 Å². The van der Waals surface area contributed by atoms with Gasteiger partial charge < -0.3 is 15.0 Å². The number of pyridine rings is 1. The molecule has 5 rings (SSSR count). The Morgan fingerprint density at radius 2 is 1.73 bits per heavy atom. The van der Waals surface area contributed by atoms with Crippen LogP contribution in [0.15, 0.2) is 48.5 Å². The lowest BCUT2D eigenvalue weighted by atomic mass is 9.85. The van der Waals surface area contributed by atoms with E-state index in [-0.39, 0.29) is 6.10 Å². The number of benzene rings is 2. The van der Waals surface area contributed by atoms with Gasteiger partial charge in [-0.3, -0.25) is 0 Å². The Kier molecular flexibility index (Phi) is 5.34. The van der Waals surface area contributed by atoms with Gasteiger partial charge in [-0.25, -0.2) is 4.98 Å². The predicted octanol–water partition coefficient (Wildman–Crippen LogP) is 6.11. The van der Waals surface area contributed by atoms with Crippen molar-refractivity contribution in [3.8, 4) is 0 Å². The van der Waals surface area contributed by atoms with Gasteiger partial charge in [0.05, 0.1) is 33.9 Å². The van der Waals surface area contributed by atoms with Crippen molar-refractivity contribution in [1.29, 1.82) is 0 Å². The van der Waals surface area contributed by atoms with E-state index in [0.29, 0.717) is 5.92 Å². The van der Waals surface area contributed by atoms with Crippen LogP contribution in [0.1, 0.15) is 45.4 Å². The molecular weight excluding hydrogens is 370 g/mol. The Morgan fingerprint density at radius 3 is 2.53 bits per heavy atom. The second-order valence-corrected chi connectivity index (χ2v) is 8.76. The molecule has 0 atom stereocenters. The van der Waals surface area contributed by atoms with Crippen LogP contribution in [0.25, 0.3) is 32.8 Å². The molecule has 0 unspecified atom stereocenters. The number of para-hydroxylation sites is 2. The number of aliphatic hydroxyl groups is 1. The summed E-state index contributed by atoms with van der Waals surface area (Å²) < 4.78 is 2.45. The minimum Gasteiger partial charge on any atom is -0.393 e. The quantitative estimate of drug-likeness (QED) is 0.410. The lowest BCUT2D eigenvalue weighted by Crippen LogP contribution is -2.20. The zero-order chi connectivity index (χ0) is 20.5. The van der Waals surface area contributed by atoms with Gasteiger partial charge in [0.2, 0.25) is 0 Å². The van der Waals surface area contributed by atoms with E-state index < -0.39 is 0 Å². The average molecular weight is 402 g/mol. The molecule has 156 valence electrons. The zero-order valence-corrected chi connectivity index (χ0v) is 17.8. The molecular formula is C26H31N3O. The number of nitrogens with one attached hydrogen (secondary N) is 1. The third-order valence-electron chi connectivity index (χ3n) is 6.70. The second kappa shape index (κ2) is 8.27. The minimum absolute atomic E-state index is 0.0808. The number of hydrogen-bond acceptors (Lipinski definition) is 3. The third kappa shape index (κ3) is 3.43. The first kappa shape index (κ1) is 19.4. The van der Waals surface area contributed by atoms with E-state index in [1.165, 1.54) is 27.5 Å². The van der Waals surface area contributed by atoms with Crippen LogP contribution in [0.3, 0.4) is 0 Å². The maximum atomic E-state index is 9.79. The molecule has 1 aliphatic carbocycles. The number of aliphatic hydroxyl groups excluding tert-OH is 1. The molecule has 4 aromatic rings. The smallest absolute Gasteiger partial charge is 0.0988 e. The van der Waals surface area contributed by atoms with Crippen LogP contribution in [-0.2, 0) is 6.54 Å². The summed E-state index contributed by atoms with van der Waals surface area (Å²) in [7, 11) is 0. The van der Waals surface area contributed by atoms with E-state index in [4.69, 9.17) is 4.98 Å². The van der Waals surface area contributed by atoms with Crippen LogP contribution >= 0.6 is 0 Å². The van der Waals surface area contributed by atoms with Crippen molar-refractivity contribution in [3.05, 3.63) is 48.5 Å². The lowest BCUT2D eigenvalue weighted by Gasteiger charge is -2.25. The Hall–Kier alpha value is -2.59. The van der Waals surface area contributed by atoms with Crippen molar-refractivity contribution in [2.24, 2.45) is 5.92 Å². The molecule has 0 spiro atoms. The number of rotatable bonds is 6. The summed E-state index contributed by atoms with van der Waals surface area (Å²) in [4.78, 5) is 5.09. The fraction of sp³-hybridized carbons (Fsp3) is 0.423. The first-order valence-corrected chi connectivity index (χ1v) is 11.5. The van der Waals surface area contributed by atoms with Gasteiger partial charge in [-0.05, 0) is 56.6 Å². The highest BCUT2D eigenvalue weighted by molar-refractivity contribution is 6.16. The minimum atomic E-state index is -0.0808. The Bertz CT molecular complexity index is 1170. The number of aromatic nitrogens is 2. The van der Waals surface area contributed by atoms with Gasteiger partial charge in [0.25, 0.3) is 0 Å². The van der Waals surface area contributed by atoms with Crippen molar-refractivity contribution in [2.45, 2.75) is 58.1 Å². The molecule has 0 saturated heterocycles. The van der Waals surface area contributed by atoms with E-state index in [9.17, 15) is 5.11 Å². The van der Waals surface area contributed by atoms with Crippen LogP contribution in [0.5, 0.6) is 0 Å². The molecule has 2 aromatic heterocycles. The van der Waals surface area contributed by atoms with Gasteiger partial charge in [-0.15, -0.1) is 0 Å². The van der Waals surface area contributed by atoms with E-state index in [1.807, 2.05) is 0 Å². The molecule has 1 saturated carbocycles. The fourth-order valence-electron chi connectivity index (χ4n) is 5.15. The highest BCUT2D eigenvalue weighted by Gasteiger charge is 2.20. The molecule has 4 nitrogen and oxygen atoms in total. The van der Waals surface area contributed by atoms with E-state index in [2.05, 4.69) is 65.3 Å². The highest BCUT2D eigenvalue weighted by Crippen LogP contribution is 2.37. The summed E-state index contributed by atoms with van der Waals surface area (Å²) in [5.41, 5.74) is 5.86. The summed E-state index contributed by atoms with van der Waals surface area (Å²) in [5.74, 6) is 0.714. The Morgan fingerprint density at radius 1 is 1.00 bits per heavy atom. The maximum Gasteiger partial charge on any atom is 0.0988 e. The van der Waals surface area contributed by atoms with Gasteiger partial charge in [0, 0.05) is 23.9 Å². The highest BCUT2D eigenvalue weighted by atomic mass is 16.3. The number of nitrogens with zero attached hydrogens (tertiary/aromatic N) is 2. The van der Waals surface area contributed by atoms with E-state index >= 15 is 0 Å². The van der Waals surface area contributed by atoms with E-state index in [1.54, 1.807) is 0 Å². The van der Waals surface area contributed by atoms with Crippen LogP contribution in [0, 0.1) is 5.92 Å². The maximum absolute atomic E-state index is 9.79. The molecule has 0 amide bonds. The predicted molar refractivity (Wildman–Crippen MR) is 126 cm³/mol. The molecule has 0 radical (unpaired) electrons. The average Bonchev–Trinajstić information content (AvgIpc) is 3.08. The van der Waals surface area contributed by atoms with E-state index in [0.717, 1.165) is 62.6 Å². The topological polar surface area (TPSA) is 50.1 Å². The summed E-state index contributed by atoms with van der Waals surface area (Å²) in [5, 5.41) is 16.0. The molecule has 0 bridgehead atoms. The monoisotopic (exact) mass is 401 g/mol. The third-order valence-corrected chi connectivity index (χ3v) is 6.70. The van der Waals surface area contributed by atoms with Gasteiger partial charge >= 0.3 is 0 Å². The van der Waals surface area contributed by atoms with Gasteiger partial charge in [-0.1, -0.05) is 43.3 Å². The normalized spacial score (nSPS) is 19.7. The van der Waals surface area contributed by atoms with Crippen LogP contribution in [0.4, 0.5) is 5.69 Å². The molecule has 30 heavy (non-hydrogen) atoms. The first-order valence-electron chi connectivity index (χ1n) is 11.5. The standard InChI is InChI=1S/C26H31N3O/c1-2-17-29-23-10-6-4-8-21(23)25-26(29)24(20-7-3-5-9-22(20)28-25)27-16-15-18-11-13-19(30)14-12-18/h3-10,18-19,30H,2,11-17H2,1H3,(H,27,28). The molecule has 1 fully saturated rings. The molecule has 0 aliphatic heterocycles. The number of anilines is 1. The van der Waals surface area contributed by atoms with Gasteiger partial charge in [0.1, 0.15) is 0 Å². The summed E-state index contributed by atoms with van der Waals surface area (Å²) in [6.45, 7) is 4.18. The van der Waals surface area contributed by atoms with Crippen LogP contribution < -0.4 is 5.32 Å². The molecule has 2 N–H and O–H groups in total. The molecule has 4 heteroatoms. The summed E-state index contributed by atoms with van der Waals surface area (Å²) in [6, 6.07) is 17.1. The second-order valence-electron chi connectivity index (χ2n) is 8.76. The van der Waals surface area contributed by atoms with Crippen LogP contribution in [-0.4, -0.2) is 27.3 Å². The number of fused-ring (bicyclic) bond motifs is 4. The summed E-state index contributed by atoms with van der Waals surface area (Å²) in [6.07, 6.45) is 6.36. The molecule has 1 aliphatic rings. The number of aryl methyl sites for hydroxylation is 1. The lowest BCUT2D eigenvalue weighted by molar-refractivity contribution is 0.107. The molecule has 2 aromatic carbocycles. The van der Waals surface area contributed by atoms with Crippen molar-refractivity contribution >= 4 is 38.5 Å². The first-order chi connectivity index (χ1) is 14.8.